The highest BCUT2D eigenvalue weighted by Gasteiger charge is 2.38. The van der Waals surface area contributed by atoms with Crippen molar-refractivity contribution in [3.8, 4) is 0 Å². The molecule has 6 N–H and O–H groups in total. The van der Waals surface area contributed by atoms with Gasteiger partial charge in [0.2, 0.25) is 17.7 Å². The smallest absolute Gasteiger partial charge is 0.326 e. The molecule has 0 aromatic carbocycles. The molecule has 24 heavy (non-hydrogen) atoms. The number of hydrogen-bond acceptors (Lipinski definition) is 5. The van der Waals surface area contributed by atoms with Crippen LogP contribution in [0.1, 0.15) is 39.5 Å². The summed E-state index contributed by atoms with van der Waals surface area (Å²) in [4.78, 5) is 48.3. The first-order valence-corrected chi connectivity index (χ1v) is 8.02. The van der Waals surface area contributed by atoms with Crippen LogP contribution in [0, 0.1) is 5.92 Å². The molecule has 0 aromatic rings. The number of likely N-dealkylation sites (tertiary alicyclic amines) is 1. The molecule has 9 heteroatoms. The minimum absolute atomic E-state index is 0.00750. The zero-order valence-electron chi connectivity index (χ0n) is 14.0. The van der Waals surface area contributed by atoms with Crippen molar-refractivity contribution in [1.82, 2.24) is 10.2 Å². The Bertz CT molecular complexity index is 508. The van der Waals surface area contributed by atoms with Crippen LogP contribution in [0.15, 0.2) is 0 Å². The van der Waals surface area contributed by atoms with Crippen LogP contribution in [-0.4, -0.2) is 58.4 Å². The summed E-state index contributed by atoms with van der Waals surface area (Å²) in [5, 5.41) is 11.7. The molecule has 1 saturated heterocycles. The third kappa shape index (κ3) is 5.19. The summed E-state index contributed by atoms with van der Waals surface area (Å²) in [5.74, 6) is -2.86. The van der Waals surface area contributed by atoms with E-state index in [4.69, 9.17) is 11.5 Å². The number of aliphatic carboxylic acids is 1. The Labute approximate surface area is 140 Å². The average Bonchev–Trinajstić information content (AvgIpc) is 2.99. The molecule has 3 atom stereocenters. The van der Waals surface area contributed by atoms with Crippen LogP contribution in [0.2, 0.25) is 0 Å². The summed E-state index contributed by atoms with van der Waals surface area (Å²) in [6.45, 7) is 3.84. The Hall–Kier alpha value is -2.16. The van der Waals surface area contributed by atoms with Crippen LogP contribution >= 0.6 is 0 Å². The SMILES string of the molecule is CC(C)[C@H](N)C(=O)N[C@@H](CCC(N)=O)C(=O)N1CCC[C@@H]1C(=O)O. The lowest BCUT2D eigenvalue weighted by Crippen LogP contribution is -2.55. The predicted octanol–water partition coefficient (Wildman–Crippen LogP) is -1.20. The lowest BCUT2D eigenvalue weighted by molar-refractivity contribution is -0.149. The van der Waals surface area contributed by atoms with Crippen molar-refractivity contribution in [1.29, 1.82) is 0 Å². The van der Waals surface area contributed by atoms with Gasteiger partial charge in [0, 0.05) is 13.0 Å². The number of carboxylic acid groups (broad SMARTS) is 1. The third-order valence-electron chi connectivity index (χ3n) is 4.14. The molecule has 0 bridgehead atoms. The Morgan fingerprint density at radius 3 is 2.42 bits per heavy atom. The van der Waals surface area contributed by atoms with E-state index >= 15 is 0 Å². The molecule has 0 radical (unpaired) electrons. The summed E-state index contributed by atoms with van der Waals surface area (Å²) in [5.41, 5.74) is 10.9. The number of nitrogens with two attached hydrogens (primary N) is 2. The van der Waals surface area contributed by atoms with Gasteiger partial charge < -0.3 is 26.8 Å². The fourth-order valence-corrected chi connectivity index (χ4v) is 2.60. The molecule has 0 aliphatic carbocycles. The van der Waals surface area contributed by atoms with Gasteiger partial charge in [-0.1, -0.05) is 13.8 Å². The topological polar surface area (TPSA) is 156 Å². The molecule has 1 rings (SSSR count). The van der Waals surface area contributed by atoms with Crippen molar-refractivity contribution < 1.29 is 24.3 Å². The highest BCUT2D eigenvalue weighted by molar-refractivity contribution is 5.92. The maximum Gasteiger partial charge on any atom is 0.326 e. The van der Waals surface area contributed by atoms with E-state index in [2.05, 4.69) is 5.32 Å². The number of nitrogens with zero attached hydrogens (tertiary/aromatic N) is 1. The van der Waals surface area contributed by atoms with E-state index in [1.807, 2.05) is 0 Å². The van der Waals surface area contributed by atoms with Crippen molar-refractivity contribution in [3.63, 3.8) is 0 Å². The lowest BCUT2D eigenvalue weighted by Gasteiger charge is -2.28. The molecular weight excluding hydrogens is 316 g/mol. The second-order valence-corrected chi connectivity index (χ2v) is 6.36. The monoisotopic (exact) mass is 342 g/mol. The van der Waals surface area contributed by atoms with Gasteiger partial charge in [-0.05, 0) is 25.2 Å². The molecule has 1 aliphatic rings. The van der Waals surface area contributed by atoms with E-state index in [9.17, 15) is 24.3 Å². The summed E-state index contributed by atoms with van der Waals surface area (Å²) >= 11 is 0. The maximum absolute atomic E-state index is 12.7. The number of carbonyl (C=O) groups excluding carboxylic acids is 3. The number of carboxylic acids is 1. The van der Waals surface area contributed by atoms with E-state index in [0.717, 1.165) is 0 Å². The van der Waals surface area contributed by atoms with Crippen LogP contribution in [0.3, 0.4) is 0 Å². The van der Waals surface area contributed by atoms with Gasteiger partial charge in [0.15, 0.2) is 0 Å². The second kappa shape index (κ2) is 8.62. The fourth-order valence-electron chi connectivity index (χ4n) is 2.60. The minimum atomic E-state index is -1.08. The first-order chi connectivity index (χ1) is 11.1. The van der Waals surface area contributed by atoms with Gasteiger partial charge in [-0.3, -0.25) is 14.4 Å². The van der Waals surface area contributed by atoms with E-state index in [1.54, 1.807) is 13.8 Å². The Morgan fingerprint density at radius 1 is 1.29 bits per heavy atom. The molecule has 0 aromatic heterocycles. The number of carbonyl (C=O) groups is 4. The molecule has 3 amide bonds. The first-order valence-electron chi connectivity index (χ1n) is 8.02. The number of rotatable bonds is 8. The van der Waals surface area contributed by atoms with E-state index in [0.29, 0.717) is 19.4 Å². The molecule has 0 saturated carbocycles. The van der Waals surface area contributed by atoms with Gasteiger partial charge in [-0.15, -0.1) is 0 Å². The summed E-state index contributed by atoms with van der Waals surface area (Å²) < 4.78 is 0. The summed E-state index contributed by atoms with van der Waals surface area (Å²) in [6.07, 6.45) is 0.848. The van der Waals surface area contributed by atoms with Crippen molar-refractivity contribution in [2.75, 3.05) is 6.54 Å². The van der Waals surface area contributed by atoms with Crippen molar-refractivity contribution >= 4 is 23.7 Å². The van der Waals surface area contributed by atoms with Gasteiger partial charge in [0.05, 0.1) is 6.04 Å². The van der Waals surface area contributed by atoms with Crippen LogP contribution < -0.4 is 16.8 Å². The van der Waals surface area contributed by atoms with Crippen molar-refractivity contribution in [2.45, 2.75) is 57.7 Å². The quantitative estimate of drug-likeness (QED) is 0.434. The Morgan fingerprint density at radius 2 is 1.92 bits per heavy atom. The highest BCUT2D eigenvalue weighted by atomic mass is 16.4. The van der Waals surface area contributed by atoms with Gasteiger partial charge >= 0.3 is 5.97 Å². The van der Waals surface area contributed by atoms with Crippen molar-refractivity contribution in [3.05, 3.63) is 0 Å². The maximum atomic E-state index is 12.7. The zero-order valence-corrected chi connectivity index (χ0v) is 14.0. The van der Waals surface area contributed by atoms with Gasteiger partial charge in [0.25, 0.3) is 0 Å². The molecule has 0 unspecified atom stereocenters. The molecule has 9 nitrogen and oxygen atoms in total. The van der Waals surface area contributed by atoms with E-state index in [-0.39, 0.29) is 18.8 Å². The highest BCUT2D eigenvalue weighted by Crippen LogP contribution is 2.19. The van der Waals surface area contributed by atoms with E-state index < -0.39 is 41.8 Å². The third-order valence-corrected chi connectivity index (χ3v) is 4.14. The van der Waals surface area contributed by atoms with Crippen molar-refractivity contribution in [2.24, 2.45) is 17.4 Å². The minimum Gasteiger partial charge on any atom is -0.480 e. The van der Waals surface area contributed by atoms with Crippen LogP contribution in [0.5, 0.6) is 0 Å². The largest absolute Gasteiger partial charge is 0.480 e. The molecule has 1 heterocycles. The molecule has 1 aliphatic heterocycles. The molecule has 1 fully saturated rings. The predicted molar refractivity (Wildman–Crippen MR) is 85.5 cm³/mol. The average molecular weight is 342 g/mol. The standard InChI is InChI=1S/C15H26N4O5/c1-8(2)12(17)13(21)18-9(5-6-11(16)20)14(22)19-7-3-4-10(19)15(23)24/h8-10,12H,3-7,17H2,1-2H3,(H2,16,20)(H,18,21)(H,23,24)/t9-,10+,12-/m0/s1. The number of amides is 3. The van der Waals surface area contributed by atoms with Gasteiger partial charge in [0.1, 0.15) is 12.1 Å². The number of primary amides is 1. The zero-order chi connectivity index (χ0) is 18.4. The molecule has 0 spiro atoms. The summed E-state index contributed by atoms with van der Waals surface area (Å²) in [7, 11) is 0. The number of hydrogen-bond donors (Lipinski definition) is 4. The van der Waals surface area contributed by atoms with Crippen LogP contribution in [-0.2, 0) is 19.2 Å². The van der Waals surface area contributed by atoms with E-state index in [1.165, 1.54) is 4.90 Å². The number of nitrogens with one attached hydrogen (secondary N) is 1. The lowest BCUT2D eigenvalue weighted by atomic mass is 10.0. The first kappa shape index (κ1) is 19.9. The molecule has 136 valence electrons. The van der Waals surface area contributed by atoms with Crippen LogP contribution in [0.25, 0.3) is 0 Å². The Balaban J connectivity index is 2.87. The van der Waals surface area contributed by atoms with Gasteiger partial charge in [-0.25, -0.2) is 4.79 Å². The Kier molecular flexibility index (Phi) is 7.15. The summed E-state index contributed by atoms with van der Waals surface area (Å²) in [6, 6.07) is -2.73. The second-order valence-electron chi connectivity index (χ2n) is 6.36. The van der Waals surface area contributed by atoms with Crippen LogP contribution in [0.4, 0.5) is 0 Å². The normalized spacial score (nSPS) is 19.8. The van der Waals surface area contributed by atoms with Gasteiger partial charge in [-0.2, -0.15) is 0 Å². The fraction of sp³-hybridized carbons (Fsp3) is 0.733. The molecular formula is C15H26N4O5.